The molecule has 84 valence electrons. The molecule has 0 spiro atoms. The van der Waals surface area contributed by atoms with E-state index >= 15 is 0 Å². The molecule has 1 heteroatoms. The number of hydrogen-bond acceptors (Lipinski definition) is 0. The van der Waals surface area contributed by atoms with Crippen LogP contribution in [0.25, 0.3) is 0 Å². The smallest absolute Gasteiger partial charge is 0.0947 e. The lowest BCUT2D eigenvalue weighted by Gasteiger charge is -2.20. The summed E-state index contributed by atoms with van der Waals surface area (Å²) in [5.74, 6) is 4.23. The maximum atomic E-state index is 4.20. The molecule has 0 radical (unpaired) electrons. The van der Waals surface area contributed by atoms with Gasteiger partial charge < -0.3 is 0 Å². The summed E-state index contributed by atoms with van der Waals surface area (Å²) in [5.41, 5.74) is 1.78. The van der Waals surface area contributed by atoms with E-state index in [9.17, 15) is 0 Å². The summed E-state index contributed by atoms with van der Waals surface area (Å²) in [5, 5.41) is 0. The van der Waals surface area contributed by atoms with Gasteiger partial charge in [0.1, 0.15) is 17.3 Å². The minimum absolute atomic E-state index is 0.329. The van der Waals surface area contributed by atoms with E-state index in [1.807, 2.05) is 13.8 Å². The third-order valence-electron chi connectivity index (χ3n) is 2.56. The predicted octanol–water partition coefficient (Wildman–Crippen LogP) is 4.03. The van der Waals surface area contributed by atoms with Gasteiger partial charge in [-0.25, -0.2) is 0 Å². The van der Waals surface area contributed by atoms with E-state index in [2.05, 4.69) is 27.4 Å². The second-order valence-electron chi connectivity index (χ2n) is 4.73. The molecule has 0 amide bonds. The van der Waals surface area contributed by atoms with Crippen LogP contribution in [-0.4, -0.2) is 17.3 Å². The zero-order chi connectivity index (χ0) is 11.2. The molecule has 0 bridgehead atoms. The number of hydrogen-bond donors (Lipinski definition) is 0. The average Bonchev–Trinajstić information content (AvgIpc) is 2.59. The number of rotatable bonds is 2. The molecule has 1 saturated heterocycles. The summed E-state index contributed by atoms with van der Waals surface area (Å²) < 4.78 is 0. The Hall–Kier alpha value is 0.0900. The SMILES string of the molecule is C=C(C[S+]1CCCC1)C(C)(C)C.CC. The first-order valence-corrected chi connectivity index (χ1v) is 7.56. The maximum absolute atomic E-state index is 4.20. The Labute approximate surface area is 93.5 Å². The molecule has 0 aliphatic carbocycles. The highest BCUT2D eigenvalue weighted by Gasteiger charge is 2.28. The van der Waals surface area contributed by atoms with Crippen LogP contribution in [0.15, 0.2) is 12.2 Å². The second kappa shape index (κ2) is 6.55. The highest BCUT2D eigenvalue weighted by molar-refractivity contribution is 7.97. The molecule has 0 aromatic carbocycles. The molecule has 1 rings (SSSR count). The Morgan fingerprint density at radius 1 is 1.14 bits per heavy atom. The van der Waals surface area contributed by atoms with Crippen molar-refractivity contribution in [1.29, 1.82) is 0 Å². The van der Waals surface area contributed by atoms with Crippen LogP contribution in [0, 0.1) is 5.41 Å². The highest BCUT2D eigenvalue weighted by Crippen LogP contribution is 2.27. The molecular weight excluding hydrogens is 188 g/mol. The van der Waals surface area contributed by atoms with Gasteiger partial charge in [-0.3, -0.25) is 0 Å². The van der Waals surface area contributed by atoms with Crippen molar-refractivity contribution in [3.63, 3.8) is 0 Å². The third-order valence-corrected chi connectivity index (χ3v) is 5.04. The van der Waals surface area contributed by atoms with E-state index in [4.69, 9.17) is 0 Å². The van der Waals surface area contributed by atoms with E-state index < -0.39 is 0 Å². The minimum atomic E-state index is 0.329. The molecule has 0 N–H and O–H groups in total. The van der Waals surface area contributed by atoms with E-state index in [0.717, 1.165) is 0 Å². The molecule has 0 saturated carbocycles. The van der Waals surface area contributed by atoms with Crippen molar-refractivity contribution in [2.75, 3.05) is 17.3 Å². The summed E-state index contributed by atoms with van der Waals surface area (Å²) in [6.45, 7) is 15.0. The van der Waals surface area contributed by atoms with Gasteiger partial charge in [0.15, 0.2) is 0 Å². The zero-order valence-electron chi connectivity index (χ0n) is 10.7. The normalized spacial score (nSPS) is 17.5. The van der Waals surface area contributed by atoms with Crippen LogP contribution >= 0.6 is 0 Å². The van der Waals surface area contributed by atoms with Crippen molar-refractivity contribution in [2.24, 2.45) is 5.41 Å². The monoisotopic (exact) mass is 215 g/mol. The highest BCUT2D eigenvalue weighted by atomic mass is 32.2. The van der Waals surface area contributed by atoms with Crippen molar-refractivity contribution in [3.8, 4) is 0 Å². The molecule has 0 nitrogen and oxygen atoms in total. The van der Waals surface area contributed by atoms with Gasteiger partial charge in [0.05, 0.1) is 0 Å². The molecule has 1 fully saturated rings. The molecule has 0 aromatic heterocycles. The van der Waals surface area contributed by atoms with Crippen LogP contribution in [0.2, 0.25) is 0 Å². The van der Waals surface area contributed by atoms with Crippen molar-refractivity contribution in [3.05, 3.63) is 12.2 Å². The fourth-order valence-corrected chi connectivity index (χ4v) is 3.97. The van der Waals surface area contributed by atoms with Gasteiger partial charge in [-0.2, -0.15) is 0 Å². The lowest BCUT2D eigenvalue weighted by atomic mass is 9.89. The average molecular weight is 215 g/mol. The fourth-order valence-electron chi connectivity index (χ4n) is 1.32. The van der Waals surface area contributed by atoms with Crippen LogP contribution in [0.1, 0.15) is 47.5 Å². The molecule has 0 atom stereocenters. The van der Waals surface area contributed by atoms with Gasteiger partial charge in [0, 0.05) is 0 Å². The lowest BCUT2D eigenvalue weighted by molar-refractivity contribution is 0.508. The van der Waals surface area contributed by atoms with Crippen molar-refractivity contribution < 1.29 is 0 Å². The largest absolute Gasteiger partial charge is 0.129 e. The lowest BCUT2D eigenvalue weighted by Crippen LogP contribution is -2.19. The van der Waals surface area contributed by atoms with Gasteiger partial charge in [-0.05, 0) is 34.7 Å². The standard InChI is InChI=1S/C11H21S.C2H6/c1-10(11(2,3)4)9-12-7-5-6-8-12;1-2/h1,5-9H2,2-4H3;1-2H3/q+1;. The molecule has 1 heterocycles. The van der Waals surface area contributed by atoms with Crippen molar-refractivity contribution in [1.82, 2.24) is 0 Å². The minimum Gasteiger partial charge on any atom is -0.0947 e. The first kappa shape index (κ1) is 14.1. The Bertz CT molecular complexity index is 159. The van der Waals surface area contributed by atoms with Crippen molar-refractivity contribution >= 4 is 10.9 Å². The van der Waals surface area contributed by atoms with E-state index in [-0.39, 0.29) is 0 Å². The van der Waals surface area contributed by atoms with Gasteiger partial charge in [-0.15, -0.1) is 0 Å². The molecule has 14 heavy (non-hydrogen) atoms. The topological polar surface area (TPSA) is 0 Å². The summed E-state index contributed by atoms with van der Waals surface area (Å²) in [4.78, 5) is 0. The molecule has 1 aliphatic heterocycles. The van der Waals surface area contributed by atoms with Gasteiger partial charge in [0.2, 0.25) is 0 Å². The molecule has 0 aromatic rings. The predicted molar refractivity (Wildman–Crippen MR) is 71.1 cm³/mol. The van der Waals surface area contributed by atoms with Crippen molar-refractivity contribution in [2.45, 2.75) is 47.5 Å². The molecular formula is C13H27S+. The zero-order valence-corrected chi connectivity index (χ0v) is 11.5. The van der Waals surface area contributed by atoms with Gasteiger partial charge >= 0.3 is 0 Å². The summed E-state index contributed by atoms with van der Waals surface area (Å²) in [6.07, 6.45) is 2.92. The Morgan fingerprint density at radius 2 is 1.57 bits per heavy atom. The Kier molecular flexibility index (Phi) is 6.59. The van der Waals surface area contributed by atoms with Crippen LogP contribution in [0.5, 0.6) is 0 Å². The summed E-state index contributed by atoms with van der Waals surface area (Å²) >= 11 is 0. The molecule has 1 aliphatic rings. The maximum Gasteiger partial charge on any atom is 0.129 e. The van der Waals surface area contributed by atoms with E-state index in [1.54, 1.807) is 0 Å². The summed E-state index contributed by atoms with van der Waals surface area (Å²) in [7, 11) is 0.697. The van der Waals surface area contributed by atoms with Gasteiger partial charge in [-0.1, -0.05) is 41.2 Å². The Balaban J connectivity index is 0.000000791. The first-order chi connectivity index (χ1) is 6.50. The quantitative estimate of drug-likeness (QED) is 0.482. The Morgan fingerprint density at radius 3 is 1.93 bits per heavy atom. The first-order valence-electron chi connectivity index (χ1n) is 5.82. The van der Waals surface area contributed by atoms with Gasteiger partial charge in [0.25, 0.3) is 0 Å². The van der Waals surface area contributed by atoms with E-state index in [1.165, 1.54) is 35.7 Å². The van der Waals surface area contributed by atoms with Crippen LogP contribution in [0.4, 0.5) is 0 Å². The van der Waals surface area contributed by atoms with Crippen LogP contribution in [0.3, 0.4) is 0 Å². The fraction of sp³-hybridized carbons (Fsp3) is 0.846. The van der Waals surface area contributed by atoms with Crippen LogP contribution in [-0.2, 0) is 10.9 Å². The second-order valence-corrected chi connectivity index (χ2v) is 7.06. The molecule has 0 unspecified atom stereocenters. The third kappa shape index (κ3) is 5.09. The summed E-state index contributed by atoms with van der Waals surface area (Å²) in [6, 6.07) is 0. The van der Waals surface area contributed by atoms with Crippen LogP contribution < -0.4 is 0 Å². The van der Waals surface area contributed by atoms with E-state index in [0.29, 0.717) is 16.3 Å².